The summed E-state index contributed by atoms with van der Waals surface area (Å²) in [5, 5.41) is 4.31. The van der Waals surface area contributed by atoms with Crippen molar-refractivity contribution in [2.24, 2.45) is 5.92 Å². The summed E-state index contributed by atoms with van der Waals surface area (Å²) in [7, 11) is 0. The number of fused-ring (bicyclic) bond motifs is 7. The van der Waals surface area contributed by atoms with Gasteiger partial charge in [-0.15, -0.1) is 0 Å². The lowest BCUT2D eigenvalue weighted by Crippen LogP contribution is -2.48. The van der Waals surface area contributed by atoms with Crippen molar-refractivity contribution in [2.75, 3.05) is 0 Å². The van der Waals surface area contributed by atoms with Crippen molar-refractivity contribution >= 4 is 21.7 Å². The molecule has 5 aliphatic rings. The van der Waals surface area contributed by atoms with Crippen LogP contribution < -0.4 is 14.0 Å². The van der Waals surface area contributed by atoms with Crippen molar-refractivity contribution in [2.45, 2.75) is 88.9 Å². The minimum Gasteiger partial charge on any atom is -0.451 e. The quantitative estimate of drug-likeness (QED) is 0.355. The fourth-order valence-electron chi connectivity index (χ4n) is 8.21. The van der Waals surface area contributed by atoms with Crippen molar-refractivity contribution in [3.63, 3.8) is 0 Å². The van der Waals surface area contributed by atoms with Crippen LogP contribution in [-0.4, -0.2) is 6.29 Å². The Kier molecular flexibility index (Phi) is 3.20. The van der Waals surface area contributed by atoms with Gasteiger partial charge in [-0.05, 0) is 60.1 Å². The van der Waals surface area contributed by atoms with Gasteiger partial charge in [0, 0.05) is 24.0 Å². The Labute approximate surface area is 183 Å². The molecular weight excluding hydrogens is 382 g/mol. The lowest BCUT2D eigenvalue weighted by atomic mass is 9.76. The summed E-state index contributed by atoms with van der Waals surface area (Å²) >= 11 is 0. The molecule has 3 nitrogen and oxygen atoms in total. The Morgan fingerprint density at radius 3 is 2.84 bits per heavy atom. The highest BCUT2D eigenvalue weighted by molar-refractivity contribution is 6.09. The molecular formula is C28H30NO2+. The van der Waals surface area contributed by atoms with Gasteiger partial charge in [-0.1, -0.05) is 32.8 Å². The van der Waals surface area contributed by atoms with Crippen molar-refractivity contribution in [1.29, 1.82) is 0 Å². The molecule has 158 valence electrons. The first-order chi connectivity index (χ1) is 15.3. The number of pyridine rings is 1. The van der Waals surface area contributed by atoms with E-state index in [1.807, 2.05) is 0 Å². The van der Waals surface area contributed by atoms with Gasteiger partial charge in [0.25, 0.3) is 0 Å². The molecule has 6 unspecified atom stereocenters. The van der Waals surface area contributed by atoms with Gasteiger partial charge in [0.15, 0.2) is 23.7 Å². The molecule has 1 saturated carbocycles. The molecule has 3 aromatic rings. The van der Waals surface area contributed by atoms with Crippen LogP contribution in [0.15, 0.2) is 24.4 Å². The number of benzene rings is 2. The van der Waals surface area contributed by atoms with E-state index in [-0.39, 0.29) is 6.29 Å². The highest BCUT2D eigenvalue weighted by Gasteiger charge is 2.52. The van der Waals surface area contributed by atoms with Gasteiger partial charge in [0.05, 0.1) is 16.7 Å². The molecule has 0 N–H and O–H groups in total. The normalized spacial score (nSPS) is 32.8. The zero-order valence-corrected chi connectivity index (χ0v) is 18.5. The van der Waals surface area contributed by atoms with Crippen molar-refractivity contribution in [3.05, 3.63) is 41.1 Å². The third-order valence-electron chi connectivity index (χ3n) is 9.37. The Morgan fingerprint density at radius 1 is 1.03 bits per heavy atom. The molecule has 0 spiro atoms. The monoisotopic (exact) mass is 412 g/mol. The van der Waals surface area contributed by atoms with Crippen molar-refractivity contribution in [3.8, 4) is 11.5 Å². The second kappa shape index (κ2) is 5.74. The molecule has 8 rings (SSSR count). The summed E-state index contributed by atoms with van der Waals surface area (Å²) in [6.07, 6.45) is 11.5. The van der Waals surface area contributed by atoms with E-state index in [1.165, 1.54) is 59.3 Å². The minimum atomic E-state index is -0.0965. The predicted molar refractivity (Wildman–Crippen MR) is 121 cm³/mol. The van der Waals surface area contributed by atoms with Gasteiger partial charge in [-0.3, -0.25) is 0 Å². The SMILES string of the molecule is CCCCC1CC2CC1c1c2c[n+]2c3c1ccc1cc4c5c(c13)C(CC(O4)O5)C2CC. The number of unbranched alkanes of at least 4 members (excludes halogenated alkanes) is 1. The number of rotatable bonds is 4. The lowest BCUT2D eigenvalue weighted by molar-refractivity contribution is -0.704. The molecule has 1 aromatic heterocycles. The van der Waals surface area contributed by atoms with Crippen LogP contribution in [0.25, 0.3) is 21.7 Å². The fourth-order valence-corrected chi connectivity index (χ4v) is 8.21. The number of hydrogen-bond acceptors (Lipinski definition) is 2. The van der Waals surface area contributed by atoms with Gasteiger partial charge in [0.1, 0.15) is 0 Å². The van der Waals surface area contributed by atoms with E-state index in [0.29, 0.717) is 12.0 Å². The average Bonchev–Trinajstić information content (AvgIpc) is 3.47. The highest BCUT2D eigenvalue weighted by Crippen LogP contribution is 2.61. The molecule has 4 heterocycles. The molecule has 6 atom stereocenters. The molecule has 2 aromatic carbocycles. The van der Waals surface area contributed by atoms with Crippen LogP contribution in [-0.2, 0) is 0 Å². The minimum absolute atomic E-state index is 0.0965. The molecule has 0 amide bonds. The molecule has 0 saturated heterocycles. The standard InChI is InChI=1S/C28H30NO2/c1-3-5-6-14-9-16-10-18(14)25-17-8-7-15-11-22-28-26-19(12-23(30-22)31-28)21(4-2)29(13-20(16)25)27(17)24(15)26/h7-8,11,13-14,16,18-19,21,23H,3-6,9-10,12H2,1-2H3/q+1. The number of ether oxygens (including phenoxy) is 2. The Balaban J connectivity index is 1.46. The third-order valence-corrected chi connectivity index (χ3v) is 9.37. The summed E-state index contributed by atoms with van der Waals surface area (Å²) in [4.78, 5) is 0. The Morgan fingerprint density at radius 2 is 1.97 bits per heavy atom. The Bertz CT molecular complexity index is 1290. The van der Waals surface area contributed by atoms with Crippen LogP contribution in [0.5, 0.6) is 11.5 Å². The first-order valence-corrected chi connectivity index (χ1v) is 12.6. The van der Waals surface area contributed by atoms with Crippen LogP contribution >= 0.6 is 0 Å². The molecule has 31 heavy (non-hydrogen) atoms. The fraction of sp³-hybridized carbons (Fsp3) is 0.536. The van der Waals surface area contributed by atoms with E-state index in [9.17, 15) is 0 Å². The first kappa shape index (κ1) is 17.3. The molecule has 0 radical (unpaired) electrons. The topological polar surface area (TPSA) is 22.3 Å². The van der Waals surface area contributed by atoms with Crippen molar-refractivity contribution < 1.29 is 14.0 Å². The second-order valence-electron chi connectivity index (χ2n) is 10.7. The highest BCUT2D eigenvalue weighted by atomic mass is 16.7. The first-order valence-electron chi connectivity index (χ1n) is 12.6. The number of hydrogen-bond donors (Lipinski definition) is 0. The summed E-state index contributed by atoms with van der Waals surface area (Å²) in [6, 6.07) is 7.54. The molecule has 4 bridgehead atoms. The van der Waals surface area contributed by atoms with Crippen LogP contribution in [0, 0.1) is 5.92 Å². The zero-order valence-electron chi connectivity index (χ0n) is 18.5. The lowest BCUT2D eigenvalue weighted by Gasteiger charge is -2.34. The Hall–Kier alpha value is -2.29. The molecule has 2 aliphatic carbocycles. The van der Waals surface area contributed by atoms with Gasteiger partial charge >= 0.3 is 0 Å². The second-order valence-corrected chi connectivity index (χ2v) is 10.7. The van der Waals surface area contributed by atoms with E-state index < -0.39 is 0 Å². The van der Waals surface area contributed by atoms with Crippen LogP contribution in [0.4, 0.5) is 0 Å². The molecule has 3 aliphatic heterocycles. The largest absolute Gasteiger partial charge is 0.451 e. The summed E-state index contributed by atoms with van der Waals surface area (Å²) in [5.74, 6) is 4.96. The van der Waals surface area contributed by atoms with E-state index in [2.05, 4.69) is 42.8 Å². The average molecular weight is 413 g/mol. The smallest absolute Gasteiger partial charge is 0.242 e. The maximum Gasteiger partial charge on any atom is 0.242 e. The zero-order chi connectivity index (χ0) is 20.4. The van der Waals surface area contributed by atoms with Gasteiger partial charge < -0.3 is 9.47 Å². The van der Waals surface area contributed by atoms with Crippen LogP contribution in [0.3, 0.4) is 0 Å². The maximum atomic E-state index is 6.25. The third kappa shape index (κ3) is 1.96. The summed E-state index contributed by atoms with van der Waals surface area (Å²) in [6.45, 7) is 4.70. The number of aromatic nitrogens is 1. The van der Waals surface area contributed by atoms with Crippen LogP contribution in [0.2, 0.25) is 0 Å². The van der Waals surface area contributed by atoms with E-state index in [0.717, 1.165) is 42.1 Å². The van der Waals surface area contributed by atoms with Crippen LogP contribution in [0.1, 0.15) is 99.3 Å². The number of nitrogens with zero attached hydrogens (tertiary/aromatic N) is 1. The van der Waals surface area contributed by atoms with Gasteiger partial charge in [-0.2, -0.15) is 4.57 Å². The van der Waals surface area contributed by atoms with E-state index >= 15 is 0 Å². The summed E-state index contributed by atoms with van der Waals surface area (Å²) < 4.78 is 15.1. The summed E-state index contributed by atoms with van der Waals surface area (Å²) in [5.41, 5.74) is 6.31. The molecule has 1 fully saturated rings. The van der Waals surface area contributed by atoms with Gasteiger partial charge in [0.2, 0.25) is 11.8 Å². The maximum absolute atomic E-state index is 6.25. The van der Waals surface area contributed by atoms with Gasteiger partial charge in [-0.25, -0.2) is 0 Å². The van der Waals surface area contributed by atoms with E-state index in [1.54, 1.807) is 11.1 Å². The predicted octanol–water partition coefficient (Wildman–Crippen LogP) is 6.61. The van der Waals surface area contributed by atoms with E-state index in [4.69, 9.17) is 9.47 Å². The molecule has 3 heteroatoms. The van der Waals surface area contributed by atoms with Crippen molar-refractivity contribution in [1.82, 2.24) is 0 Å².